The highest BCUT2D eigenvalue weighted by molar-refractivity contribution is 5.13. The third-order valence-corrected chi connectivity index (χ3v) is 2.56. The average Bonchev–Trinajstić information content (AvgIpc) is 2.30. The predicted molar refractivity (Wildman–Crippen MR) is 49.2 cm³/mol. The van der Waals surface area contributed by atoms with Gasteiger partial charge in [0, 0.05) is 0 Å². The van der Waals surface area contributed by atoms with Crippen molar-refractivity contribution >= 4 is 0 Å². The zero-order chi connectivity index (χ0) is 8.10. The van der Waals surface area contributed by atoms with Gasteiger partial charge in [-0.25, -0.2) is 0 Å². The first-order valence-corrected chi connectivity index (χ1v) is 4.59. The van der Waals surface area contributed by atoms with Gasteiger partial charge in [-0.3, -0.25) is 0 Å². The van der Waals surface area contributed by atoms with Crippen LogP contribution in [0.4, 0.5) is 0 Å². The molecule has 0 spiro atoms. The molecule has 11 heavy (non-hydrogen) atoms. The van der Waals surface area contributed by atoms with Gasteiger partial charge in [-0.05, 0) is 24.3 Å². The van der Waals surface area contributed by atoms with Gasteiger partial charge >= 0.3 is 0 Å². The van der Waals surface area contributed by atoms with E-state index in [1.165, 1.54) is 38.5 Å². The Labute approximate surface area is 70.0 Å². The maximum Gasteiger partial charge on any atom is -0.0162 e. The summed E-state index contributed by atoms with van der Waals surface area (Å²) >= 11 is 0. The summed E-state index contributed by atoms with van der Waals surface area (Å²) < 4.78 is 0. The second-order valence-corrected chi connectivity index (χ2v) is 3.39. The molecule has 1 aliphatic rings. The van der Waals surface area contributed by atoms with Gasteiger partial charge in [0.2, 0.25) is 0 Å². The summed E-state index contributed by atoms with van der Waals surface area (Å²) in [5.74, 6) is 0.634. The molecule has 0 aliphatic heterocycles. The largest absolute Gasteiger partial charge is 0.0988 e. The van der Waals surface area contributed by atoms with Crippen molar-refractivity contribution in [3.05, 3.63) is 24.8 Å². The van der Waals surface area contributed by atoms with Crippen molar-refractivity contribution in [3.63, 3.8) is 0 Å². The van der Waals surface area contributed by atoms with E-state index in [1.54, 1.807) is 0 Å². The van der Waals surface area contributed by atoms with E-state index in [-0.39, 0.29) is 0 Å². The standard InChI is InChI=1S/C11H17/c1-3-10(2)11-8-6-4-5-7-9-11/h2-3,11H,1,4-9H2. The van der Waals surface area contributed by atoms with Crippen molar-refractivity contribution in [1.29, 1.82) is 0 Å². The Bertz CT molecular complexity index is 136. The molecule has 1 saturated carbocycles. The van der Waals surface area contributed by atoms with Crippen molar-refractivity contribution < 1.29 is 0 Å². The molecule has 1 aliphatic carbocycles. The molecule has 0 aromatic heterocycles. The predicted octanol–water partition coefficient (Wildman–Crippen LogP) is 3.50. The van der Waals surface area contributed by atoms with Crippen LogP contribution in [0.15, 0.2) is 18.2 Å². The minimum atomic E-state index is 0.634. The third kappa shape index (κ3) is 2.53. The average molecular weight is 149 g/mol. The topological polar surface area (TPSA) is 0 Å². The van der Waals surface area contributed by atoms with Crippen LogP contribution in [0.3, 0.4) is 0 Å². The lowest BCUT2D eigenvalue weighted by Gasteiger charge is -2.12. The summed E-state index contributed by atoms with van der Waals surface area (Å²) in [5, 5.41) is 0. The van der Waals surface area contributed by atoms with E-state index in [9.17, 15) is 0 Å². The van der Waals surface area contributed by atoms with Gasteiger partial charge in [0.25, 0.3) is 0 Å². The second kappa shape index (κ2) is 4.38. The summed E-state index contributed by atoms with van der Waals surface area (Å²) in [5.41, 5.74) is 1.01. The zero-order valence-corrected chi connectivity index (χ0v) is 7.18. The first kappa shape index (κ1) is 8.58. The second-order valence-electron chi connectivity index (χ2n) is 3.39. The van der Waals surface area contributed by atoms with Crippen LogP contribution in [-0.2, 0) is 0 Å². The maximum absolute atomic E-state index is 5.82. The number of allylic oxidation sites excluding steroid dienone is 2. The van der Waals surface area contributed by atoms with E-state index in [2.05, 4.69) is 6.58 Å². The van der Waals surface area contributed by atoms with Gasteiger partial charge in [-0.2, -0.15) is 0 Å². The Hall–Kier alpha value is -0.520. The molecule has 0 saturated heterocycles. The van der Waals surface area contributed by atoms with E-state index in [0.29, 0.717) is 5.92 Å². The molecule has 1 fully saturated rings. The number of hydrogen-bond acceptors (Lipinski definition) is 0. The summed E-state index contributed by atoms with van der Waals surface area (Å²) in [6, 6.07) is 0. The van der Waals surface area contributed by atoms with E-state index in [1.807, 2.05) is 6.08 Å². The normalized spacial score (nSPS) is 20.7. The zero-order valence-electron chi connectivity index (χ0n) is 7.18. The quantitative estimate of drug-likeness (QED) is 0.416. The van der Waals surface area contributed by atoms with Crippen molar-refractivity contribution in [2.45, 2.75) is 38.5 Å². The van der Waals surface area contributed by atoms with Crippen molar-refractivity contribution in [3.8, 4) is 0 Å². The molecule has 1 rings (SSSR count). The Morgan fingerprint density at radius 3 is 2.18 bits per heavy atom. The SMILES string of the molecule is [CH]=C(C=C)C1CCCCCC1. The highest BCUT2D eigenvalue weighted by atomic mass is 14.2. The number of hydrogen-bond donors (Lipinski definition) is 0. The van der Waals surface area contributed by atoms with E-state index in [0.717, 1.165) is 5.57 Å². The first-order valence-electron chi connectivity index (χ1n) is 4.59. The maximum atomic E-state index is 5.82. The lowest BCUT2D eigenvalue weighted by atomic mass is 9.93. The molecule has 0 heteroatoms. The summed E-state index contributed by atoms with van der Waals surface area (Å²) in [4.78, 5) is 0. The van der Waals surface area contributed by atoms with Gasteiger partial charge in [0.15, 0.2) is 0 Å². The molecule has 61 valence electrons. The van der Waals surface area contributed by atoms with Gasteiger partial charge in [0.05, 0.1) is 0 Å². The molecule has 0 nitrogen and oxygen atoms in total. The highest BCUT2D eigenvalue weighted by Crippen LogP contribution is 2.27. The fraction of sp³-hybridized carbons (Fsp3) is 0.636. The van der Waals surface area contributed by atoms with Gasteiger partial charge in [-0.15, -0.1) is 0 Å². The highest BCUT2D eigenvalue weighted by Gasteiger charge is 2.12. The van der Waals surface area contributed by atoms with Crippen LogP contribution in [0.2, 0.25) is 0 Å². The van der Waals surface area contributed by atoms with E-state index >= 15 is 0 Å². The first-order chi connectivity index (χ1) is 5.34. The molecule has 0 aromatic rings. The molecule has 0 unspecified atom stereocenters. The Morgan fingerprint density at radius 1 is 1.18 bits per heavy atom. The molecule has 0 atom stereocenters. The molecule has 0 heterocycles. The van der Waals surface area contributed by atoms with Crippen LogP contribution in [0.5, 0.6) is 0 Å². The Balaban J connectivity index is 2.42. The lowest BCUT2D eigenvalue weighted by molar-refractivity contribution is 0.540. The minimum Gasteiger partial charge on any atom is -0.0988 e. The van der Waals surface area contributed by atoms with Crippen molar-refractivity contribution in [2.75, 3.05) is 0 Å². The van der Waals surface area contributed by atoms with Crippen LogP contribution in [-0.4, -0.2) is 0 Å². The van der Waals surface area contributed by atoms with Crippen LogP contribution in [0, 0.1) is 12.5 Å². The van der Waals surface area contributed by atoms with Crippen LogP contribution in [0.25, 0.3) is 0 Å². The van der Waals surface area contributed by atoms with Crippen LogP contribution < -0.4 is 0 Å². The van der Waals surface area contributed by atoms with Crippen molar-refractivity contribution in [2.24, 2.45) is 5.92 Å². The fourth-order valence-corrected chi connectivity index (χ4v) is 1.78. The molecule has 1 radical (unpaired) electrons. The molecule has 0 aromatic carbocycles. The minimum absolute atomic E-state index is 0.634. The van der Waals surface area contributed by atoms with Crippen LogP contribution >= 0.6 is 0 Å². The fourth-order valence-electron chi connectivity index (χ4n) is 1.78. The molecular formula is C11H17. The van der Waals surface area contributed by atoms with Gasteiger partial charge in [0.1, 0.15) is 0 Å². The summed E-state index contributed by atoms with van der Waals surface area (Å²) in [7, 11) is 0. The van der Waals surface area contributed by atoms with Crippen LogP contribution in [0.1, 0.15) is 38.5 Å². The smallest absolute Gasteiger partial charge is 0.0162 e. The van der Waals surface area contributed by atoms with Crippen molar-refractivity contribution in [1.82, 2.24) is 0 Å². The monoisotopic (exact) mass is 149 g/mol. The van der Waals surface area contributed by atoms with Gasteiger partial charge < -0.3 is 0 Å². The molecule has 0 N–H and O–H groups in total. The molecule has 0 amide bonds. The summed E-state index contributed by atoms with van der Waals surface area (Å²) in [6.45, 7) is 9.52. The van der Waals surface area contributed by atoms with E-state index < -0.39 is 0 Å². The van der Waals surface area contributed by atoms with Gasteiger partial charge in [-0.1, -0.05) is 44.9 Å². The summed E-state index contributed by atoms with van der Waals surface area (Å²) in [6.07, 6.45) is 9.84. The van der Waals surface area contributed by atoms with E-state index in [4.69, 9.17) is 6.58 Å². The Kier molecular flexibility index (Phi) is 3.41. The lowest BCUT2D eigenvalue weighted by Crippen LogP contribution is -1.99. The third-order valence-electron chi connectivity index (χ3n) is 2.56. The molecular weight excluding hydrogens is 132 g/mol. The molecule has 0 bridgehead atoms. The number of rotatable bonds is 2. The Morgan fingerprint density at radius 2 is 1.73 bits per heavy atom.